The number of phenolic OH excluding ortho intramolecular Hbond substituents is 1. The summed E-state index contributed by atoms with van der Waals surface area (Å²) in [5, 5.41) is 21.7. The number of amides is 1. The Morgan fingerprint density at radius 1 is 1.09 bits per heavy atom. The molecule has 1 atom stereocenters. The van der Waals surface area contributed by atoms with Crippen LogP contribution in [0.1, 0.15) is 42.5 Å². The molecule has 186 valence electrons. The summed E-state index contributed by atoms with van der Waals surface area (Å²) in [5.74, 6) is -1.34. The number of carbonyl (C=O) groups is 2. The highest BCUT2D eigenvalue weighted by molar-refractivity contribution is 6.46. The molecule has 8 heteroatoms. The smallest absolute Gasteiger partial charge is 0.295 e. The highest BCUT2D eigenvalue weighted by atomic mass is 16.5. The summed E-state index contributed by atoms with van der Waals surface area (Å²) in [6.45, 7) is 7.89. The zero-order valence-corrected chi connectivity index (χ0v) is 20.4. The molecule has 0 aromatic heterocycles. The number of hydrogen-bond acceptors (Lipinski definition) is 7. The number of carbonyl (C=O) groups excluding carboxylic acids is 2. The first kappa shape index (κ1) is 24.8. The van der Waals surface area contributed by atoms with Crippen molar-refractivity contribution in [2.45, 2.75) is 25.8 Å². The second kappa shape index (κ2) is 10.5. The van der Waals surface area contributed by atoms with Crippen LogP contribution in [0.3, 0.4) is 0 Å². The fraction of sp³-hybridized carbons (Fsp3) is 0.407. The number of morpholine rings is 1. The zero-order chi connectivity index (χ0) is 25.1. The largest absolute Gasteiger partial charge is 0.507 e. The summed E-state index contributed by atoms with van der Waals surface area (Å²) in [6, 6.07) is 11.4. The molecule has 2 aromatic carbocycles. The van der Waals surface area contributed by atoms with Gasteiger partial charge in [0.1, 0.15) is 17.3 Å². The van der Waals surface area contributed by atoms with E-state index in [1.807, 2.05) is 24.3 Å². The molecule has 0 spiro atoms. The average molecular weight is 481 g/mol. The number of rotatable bonds is 7. The van der Waals surface area contributed by atoms with Crippen LogP contribution in [-0.4, -0.2) is 78.2 Å². The number of aromatic hydroxyl groups is 1. The maximum absolute atomic E-state index is 13.2. The quantitative estimate of drug-likeness (QED) is 0.356. The van der Waals surface area contributed by atoms with Gasteiger partial charge < -0.3 is 24.6 Å². The van der Waals surface area contributed by atoms with Gasteiger partial charge in [0.05, 0.1) is 37.5 Å². The molecule has 0 unspecified atom stereocenters. The van der Waals surface area contributed by atoms with Crippen LogP contribution in [0.5, 0.6) is 11.5 Å². The van der Waals surface area contributed by atoms with Crippen LogP contribution in [-0.2, 0) is 14.3 Å². The number of benzene rings is 2. The summed E-state index contributed by atoms with van der Waals surface area (Å²) in [5.41, 5.74) is 1.90. The number of Topliss-reactive ketones (excluding diaryl/α,β-unsaturated/α-hetero) is 1. The van der Waals surface area contributed by atoms with Gasteiger partial charge in [-0.3, -0.25) is 14.5 Å². The SMILES string of the molecule is COc1ccc(C(O)=C2C(=O)C(=O)N(CCN3CCOCC3)[C@H]2c2ccc(C(C)C)cc2)c(O)c1. The van der Waals surface area contributed by atoms with Crippen molar-refractivity contribution < 1.29 is 29.3 Å². The van der Waals surface area contributed by atoms with Crippen molar-refractivity contribution in [3.05, 3.63) is 64.7 Å². The lowest BCUT2D eigenvalue weighted by molar-refractivity contribution is -0.140. The normalized spacial score (nSPS) is 20.6. The van der Waals surface area contributed by atoms with Crippen LogP contribution in [0.4, 0.5) is 0 Å². The number of phenols is 1. The Labute approximate surface area is 205 Å². The van der Waals surface area contributed by atoms with Crippen molar-refractivity contribution in [3.8, 4) is 11.5 Å². The maximum Gasteiger partial charge on any atom is 0.295 e. The van der Waals surface area contributed by atoms with Crippen molar-refractivity contribution >= 4 is 17.4 Å². The molecule has 2 N–H and O–H groups in total. The topological polar surface area (TPSA) is 99.5 Å². The number of hydrogen-bond donors (Lipinski definition) is 2. The van der Waals surface area contributed by atoms with Crippen molar-refractivity contribution in [2.24, 2.45) is 0 Å². The van der Waals surface area contributed by atoms with Crippen LogP contribution >= 0.6 is 0 Å². The van der Waals surface area contributed by atoms with E-state index in [-0.39, 0.29) is 16.9 Å². The molecule has 2 saturated heterocycles. The Bertz CT molecular complexity index is 1120. The van der Waals surface area contributed by atoms with E-state index in [2.05, 4.69) is 18.7 Å². The first-order valence-electron chi connectivity index (χ1n) is 11.9. The molecule has 2 heterocycles. The molecule has 0 radical (unpaired) electrons. The molecule has 1 amide bonds. The van der Waals surface area contributed by atoms with Gasteiger partial charge in [-0.05, 0) is 29.2 Å². The highest BCUT2D eigenvalue weighted by Gasteiger charge is 2.46. The number of ketones is 1. The predicted octanol–water partition coefficient (Wildman–Crippen LogP) is 3.28. The van der Waals surface area contributed by atoms with Crippen molar-refractivity contribution in [3.63, 3.8) is 0 Å². The van der Waals surface area contributed by atoms with Crippen molar-refractivity contribution in [1.29, 1.82) is 0 Å². The Balaban J connectivity index is 1.76. The van der Waals surface area contributed by atoms with Gasteiger partial charge in [0.25, 0.3) is 11.7 Å². The molecule has 0 bridgehead atoms. The third-order valence-electron chi connectivity index (χ3n) is 6.68. The lowest BCUT2D eigenvalue weighted by Crippen LogP contribution is -2.42. The van der Waals surface area contributed by atoms with Gasteiger partial charge in [0, 0.05) is 32.2 Å². The second-order valence-corrected chi connectivity index (χ2v) is 9.15. The van der Waals surface area contributed by atoms with Crippen LogP contribution in [0.15, 0.2) is 48.0 Å². The lowest BCUT2D eigenvalue weighted by Gasteiger charge is -2.31. The Kier molecular flexibility index (Phi) is 7.42. The third kappa shape index (κ3) is 5.04. The minimum Gasteiger partial charge on any atom is -0.507 e. The number of methoxy groups -OCH3 is 1. The van der Waals surface area contributed by atoms with E-state index in [1.165, 1.54) is 24.1 Å². The van der Waals surface area contributed by atoms with E-state index < -0.39 is 23.5 Å². The first-order valence-corrected chi connectivity index (χ1v) is 11.9. The van der Waals surface area contributed by atoms with Crippen LogP contribution in [0.25, 0.3) is 5.76 Å². The highest BCUT2D eigenvalue weighted by Crippen LogP contribution is 2.41. The molecule has 2 aliphatic rings. The molecule has 35 heavy (non-hydrogen) atoms. The summed E-state index contributed by atoms with van der Waals surface area (Å²) in [4.78, 5) is 30.1. The van der Waals surface area contributed by atoms with Crippen molar-refractivity contribution in [2.75, 3.05) is 46.5 Å². The standard InChI is InChI=1S/C27H32N2O6/c1-17(2)18-4-6-19(7-5-18)24-23(25(31)21-9-8-20(34-3)16-22(21)30)26(32)27(33)29(24)11-10-28-12-14-35-15-13-28/h4-9,16-17,24,30-31H,10-15H2,1-3H3/t24-/m0/s1. The van der Waals surface area contributed by atoms with Gasteiger partial charge >= 0.3 is 0 Å². The molecule has 0 saturated carbocycles. The monoisotopic (exact) mass is 480 g/mol. The van der Waals surface area contributed by atoms with Crippen LogP contribution < -0.4 is 4.74 Å². The van der Waals surface area contributed by atoms with E-state index in [4.69, 9.17) is 9.47 Å². The third-order valence-corrected chi connectivity index (χ3v) is 6.68. The second-order valence-electron chi connectivity index (χ2n) is 9.15. The van der Waals surface area contributed by atoms with E-state index >= 15 is 0 Å². The number of aliphatic hydroxyl groups excluding tert-OH is 1. The number of likely N-dealkylation sites (tertiary alicyclic amines) is 1. The predicted molar refractivity (Wildman–Crippen MR) is 131 cm³/mol. The minimum atomic E-state index is -0.766. The van der Waals surface area contributed by atoms with E-state index in [0.29, 0.717) is 38.0 Å². The van der Waals surface area contributed by atoms with Crippen LogP contribution in [0.2, 0.25) is 0 Å². The fourth-order valence-electron chi connectivity index (χ4n) is 4.58. The van der Waals surface area contributed by atoms with Gasteiger partial charge in [-0.15, -0.1) is 0 Å². The summed E-state index contributed by atoms with van der Waals surface area (Å²) in [7, 11) is 1.47. The molecular formula is C27H32N2O6. The average Bonchev–Trinajstić information content (AvgIpc) is 3.12. The Morgan fingerprint density at radius 3 is 2.37 bits per heavy atom. The Hall–Kier alpha value is -3.36. The first-order chi connectivity index (χ1) is 16.8. The molecule has 2 fully saturated rings. The molecule has 8 nitrogen and oxygen atoms in total. The van der Waals surface area contributed by atoms with Gasteiger partial charge in [-0.2, -0.15) is 0 Å². The molecule has 4 rings (SSSR count). The Morgan fingerprint density at radius 2 is 1.77 bits per heavy atom. The molecule has 0 aliphatic carbocycles. The summed E-state index contributed by atoms with van der Waals surface area (Å²) < 4.78 is 10.5. The van der Waals surface area contributed by atoms with Gasteiger partial charge in [0.2, 0.25) is 0 Å². The summed E-state index contributed by atoms with van der Waals surface area (Å²) in [6.07, 6.45) is 0. The van der Waals surface area contributed by atoms with E-state index in [1.54, 1.807) is 6.07 Å². The van der Waals surface area contributed by atoms with Gasteiger partial charge in [0.15, 0.2) is 0 Å². The molecule has 2 aromatic rings. The van der Waals surface area contributed by atoms with Crippen LogP contribution in [0, 0.1) is 0 Å². The number of ether oxygens (including phenoxy) is 2. The van der Waals surface area contributed by atoms with E-state index in [0.717, 1.165) is 24.2 Å². The van der Waals surface area contributed by atoms with Gasteiger partial charge in [-0.25, -0.2) is 0 Å². The minimum absolute atomic E-state index is 0.0326. The van der Waals surface area contributed by atoms with E-state index in [9.17, 15) is 19.8 Å². The number of aliphatic hydroxyl groups is 1. The lowest BCUT2D eigenvalue weighted by atomic mass is 9.93. The maximum atomic E-state index is 13.2. The fourth-order valence-corrected chi connectivity index (χ4v) is 4.58. The number of nitrogens with zero attached hydrogens (tertiary/aromatic N) is 2. The zero-order valence-electron chi connectivity index (χ0n) is 20.4. The van der Waals surface area contributed by atoms with Gasteiger partial charge in [-0.1, -0.05) is 38.1 Å². The molecular weight excluding hydrogens is 448 g/mol. The molecule has 2 aliphatic heterocycles. The van der Waals surface area contributed by atoms with Crippen molar-refractivity contribution in [1.82, 2.24) is 9.80 Å². The summed E-state index contributed by atoms with van der Waals surface area (Å²) >= 11 is 0.